The number of nitriles is 1. The van der Waals surface area contributed by atoms with Gasteiger partial charge in [0.15, 0.2) is 0 Å². The first-order valence-electron chi connectivity index (χ1n) is 8.14. The number of ether oxygens (including phenoxy) is 1. The summed E-state index contributed by atoms with van der Waals surface area (Å²) in [6.07, 6.45) is 1.67. The molecule has 1 atom stereocenters. The fourth-order valence-corrected chi connectivity index (χ4v) is 3.64. The molecule has 0 radical (unpaired) electrons. The van der Waals surface area contributed by atoms with Crippen LogP contribution in [-0.4, -0.2) is 25.5 Å². The summed E-state index contributed by atoms with van der Waals surface area (Å²) in [6, 6.07) is 16.3. The van der Waals surface area contributed by atoms with Crippen LogP contribution in [0.5, 0.6) is 5.75 Å². The van der Waals surface area contributed by atoms with Crippen molar-refractivity contribution < 1.29 is 4.74 Å². The topological polar surface area (TPSA) is 36.3 Å². The molecule has 0 spiro atoms. The van der Waals surface area contributed by atoms with E-state index in [1.54, 1.807) is 0 Å². The Morgan fingerprint density at radius 1 is 1.21 bits per heavy atom. The zero-order valence-corrected chi connectivity index (χ0v) is 14.8. The lowest BCUT2D eigenvalue weighted by Gasteiger charge is -2.29. The maximum atomic E-state index is 10.2. The Labute approximate surface area is 148 Å². The summed E-state index contributed by atoms with van der Waals surface area (Å²) in [5.74, 6) is 0.788. The Balaban J connectivity index is 2.15. The third-order valence-electron chi connectivity index (χ3n) is 4.61. The van der Waals surface area contributed by atoms with Gasteiger partial charge in [0.1, 0.15) is 17.8 Å². The Hall–Kier alpha value is -2.02. The number of fused-ring (bicyclic) bond motifs is 2. The first-order chi connectivity index (χ1) is 11.6. The number of hydrogen-bond donors (Lipinski definition) is 0. The SMILES string of the molecule is CN(C)CCCC1(C#N)c2ccc(Cl)cc2COc2ccccc21. The smallest absolute Gasteiger partial charge is 0.124 e. The molecule has 0 N–H and O–H groups in total. The molecule has 124 valence electrons. The first kappa shape index (κ1) is 16.8. The Kier molecular flexibility index (Phi) is 4.80. The van der Waals surface area contributed by atoms with Gasteiger partial charge < -0.3 is 9.64 Å². The van der Waals surface area contributed by atoms with Gasteiger partial charge in [-0.25, -0.2) is 0 Å². The van der Waals surface area contributed by atoms with Gasteiger partial charge in [-0.1, -0.05) is 35.9 Å². The summed E-state index contributed by atoms with van der Waals surface area (Å²) in [7, 11) is 4.10. The van der Waals surface area contributed by atoms with Gasteiger partial charge in [0.05, 0.1) is 6.07 Å². The van der Waals surface area contributed by atoms with E-state index in [0.717, 1.165) is 41.8 Å². The molecule has 0 aliphatic carbocycles. The molecule has 2 aromatic rings. The number of para-hydroxylation sites is 1. The minimum Gasteiger partial charge on any atom is -0.489 e. The van der Waals surface area contributed by atoms with Crippen LogP contribution < -0.4 is 4.74 Å². The predicted molar refractivity (Wildman–Crippen MR) is 96.4 cm³/mol. The zero-order chi connectivity index (χ0) is 17.2. The van der Waals surface area contributed by atoms with Gasteiger partial charge in [-0.3, -0.25) is 0 Å². The second kappa shape index (κ2) is 6.84. The summed E-state index contributed by atoms with van der Waals surface area (Å²) in [5, 5.41) is 10.9. The Morgan fingerprint density at radius 2 is 2.00 bits per heavy atom. The maximum Gasteiger partial charge on any atom is 0.124 e. The summed E-state index contributed by atoms with van der Waals surface area (Å²) >= 11 is 6.18. The summed E-state index contributed by atoms with van der Waals surface area (Å²) in [5.41, 5.74) is 2.25. The van der Waals surface area contributed by atoms with E-state index in [9.17, 15) is 5.26 Å². The lowest BCUT2D eigenvalue weighted by Crippen LogP contribution is -2.28. The van der Waals surface area contributed by atoms with E-state index in [2.05, 4.69) is 25.1 Å². The number of benzene rings is 2. The number of halogens is 1. The molecule has 0 saturated heterocycles. The Bertz CT molecular complexity index is 781. The van der Waals surface area contributed by atoms with E-state index in [-0.39, 0.29) is 0 Å². The molecule has 4 heteroatoms. The van der Waals surface area contributed by atoms with Crippen molar-refractivity contribution in [2.75, 3.05) is 20.6 Å². The van der Waals surface area contributed by atoms with E-state index in [0.29, 0.717) is 11.6 Å². The quantitative estimate of drug-likeness (QED) is 0.828. The van der Waals surface area contributed by atoms with Gasteiger partial charge in [0, 0.05) is 10.6 Å². The van der Waals surface area contributed by atoms with Crippen LogP contribution in [0.25, 0.3) is 0 Å². The molecule has 3 nitrogen and oxygen atoms in total. The van der Waals surface area contributed by atoms with Crippen molar-refractivity contribution in [1.82, 2.24) is 4.90 Å². The van der Waals surface area contributed by atoms with Gasteiger partial charge in [-0.15, -0.1) is 0 Å². The van der Waals surface area contributed by atoms with Gasteiger partial charge in [-0.2, -0.15) is 5.26 Å². The first-order valence-corrected chi connectivity index (χ1v) is 8.52. The second-order valence-corrected chi connectivity index (χ2v) is 6.95. The highest BCUT2D eigenvalue weighted by Crippen LogP contribution is 2.45. The van der Waals surface area contributed by atoms with Gasteiger partial charge in [0.2, 0.25) is 0 Å². The predicted octanol–water partition coefficient (Wildman–Crippen LogP) is 4.38. The van der Waals surface area contributed by atoms with Crippen LogP contribution in [0.3, 0.4) is 0 Å². The molecule has 1 aliphatic rings. The van der Waals surface area contributed by atoms with E-state index < -0.39 is 5.41 Å². The average molecular weight is 341 g/mol. The third-order valence-corrected chi connectivity index (χ3v) is 4.84. The van der Waals surface area contributed by atoms with Crippen LogP contribution >= 0.6 is 11.6 Å². The number of rotatable bonds is 4. The van der Waals surface area contributed by atoms with Crippen molar-refractivity contribution in [2.24, 2.45) is 0 Å². The molecule has 0 aromatic heterocycles. The van der Waals surface area contributed by atoms with Gasteiger partial charge >= 0.3 is 0 Å². The van der Waals surface area contributed by atoms with Crippen molar-refractivity contribution in [3.63, 3.8) is 0 Å². The molecule has 0 bridgehead atoms. The highest BCUT2D eigenvalue weighted by molar-refractivity contribution is 6.30. The maximum absolute atomic E-state index is 10.2. The lowest BCUT2D eigenvalue weighted by atomic mass is 9.71. The minimum atomic E-state index is -0.705. The van der Waals surface area contributed by atoms with Crippen molar-refractivity contribution in [1.29, 1.82) is 5.26 Å². The fraction of sp³-hybridized carbons (Fsp3) is 0.350. The fourth-order valence-electron chi connectivity index (χ4n) is 3.45. The van der Waals surface area contributed by atoms with Crippen molar-refractivity contribution in [2.45, 2.75) is 24.9 Å². The van der Waals surface area contributed by atoms with Crippen molar-refractivity contribution in [3.8, 4) is 11.8 Å². The van der Waals surface area contributed by atoms with Crippen LogP contribution in [0.2, 0.25) is 5.02 Å². The average Bonchev–Trinajstić information content (AvgIpc) is 2.70. The molecule has 0 saturated carbocycles. The molecule has 3 rings (SSSR count). The summed E-state index contributed by atoms with van der Waals surface area (Å²) in [4.78, 5) is 2.15. The number of hydrogen-bond acceptors (Lipinski definition) is 3. The molecule has 1 unspecified atom stereocenters. The summed E-state index contributed by atoms with van der Waals surface area (Å²) in [6.45, 7) is 1.37. The van der Waals surface area contributed by atoms with Crippen molar-refractivity contribution in [3.05, 3.63) is 64.2 Å². The van der Waals surface area contributed by atoms with E-state index in [1.807, 2.05) is 42.5 Å². The highest BCUT2D eigenvalue weighted by atomic mass is 35.5. The molecule has 2 aromatic carbocycles. The molecule has 24 heavy (non-hydrogen) atoms. The normalized spacial score (nSPS) is 19.0. The van der Waals surface area contributed by atoms with Crippen LogP contribution in [-0.2, 0) is 12.0 Å². The van der Waals surface area contributed by atoms with Crippen LogP contribution in [0.4, 0.5) is 0 Å². The molecular formula is C20H21ClN2O. The van der Waals surface area contributed by atoms with E-state index in [1.165, 1.54) is 0 Å². The van der Waals surface area contributed by atoms with Crippen LogP contribution in [0.1, 0.15) is 29.5 Å². The molecular weight excluding hydrogens is 320 g/mol. The van der Waals surface area contributed by atoms with Crippen molar-refractivity contribution >= 4 is 11.6 Å². The third kappa shape index (κ3) is 3.00. The van der Waals surface area contributed by atoms with Gasteiger partial charge in [-0.05, 0) is 62.8 Å². The van der Waals surface area contributed by atoms with Crippen LogP contribution in [0.15, 0.2) is 42.5 Å². The second-order valence-electron chi connectivity index (χ2n) is 6.51. The summed E-state index contributed by atoms with van der Waals surface area (Å²) < 4.78 is 5.99. The standard InChI is InChI=1S/C20H21ClN2O/c1-23(2)11-5-10-20(14-22)17-9-8-16(21)12-15(17)13-24-19-7-4-3-6-18(19)20/h3-4,6-9,12H,5,10-11,13H2,1-2H3. The molecule has 0 fully saturated rings. The lowest BCUT2D eigenvalue weighted by molar-refractivity contribution is 0.306. The largest absolute Gasteiger partial charge is 0.489 e. The van der Waals surface area contributed by atoms with E-state index in [4.69, 9.17) is 16.3 Å². The zero-order valence-electron chi connectivity index (χ0n) is 14.1. The Morgan fingerprint density at radius 3 is 2.75 bits per heavy atom. The van der Waals surface area contributed by atoms with Crippen LogP contribution in [0, 0.1) is 11.3 Å². The molecule has 1 heterocycles. The molecule has 1 aliphatic heterocycles. The monoisotopic (exact) mass is 340 g/mol. The van der Waals surface area contributed by atoms with E-state index >= 15 is 0 Å². The highest BCUT2D eigenvalue weighted by Gasteiger charge is 2.40. The number of nitrogens with zero attached hydrogens (tertiary/aromatic N) is 2. The molecule has 0 amide bonds. The van der Waals surface area contributed by atoms with Gasteiger partial charge in [0.25, 0.3) is 0 Å². The minimum absolute atomic E-state index is 0.435.